The van der Waals surface area contributed by atoms with E-state index < -0.39 is 16.1 Å². The highest BCUT2D eigenvalue weighted by molar-refractivity contribution is 7.92. The van der Waals surface area contributed by atoms with E-state index >= 15 is 0 Å². The first-order valence-corrected chi connectivity index (χ1v) is 6.81. The molecule has 0 aliphatic carbocycles. The van der Waals surface area contributed by atoms with Crippen molar-refractivity contribution in [3.8, 4) is 0 Å². The molecule has 94 valence electrons. The lowest BCUT2D eigenvalue weighted by Crippen LogP contribution is -2.31. The average Bonchev–Trinajstić information content (AvgIpc) is 2.15. The molecule has 0 aromatic heterocycles. The summed E-state index contributed by atoms with van der Waals surface area (Å²) in [5.74, 6) is 0. The van der Waals surface area contributed by atoms with Crippen LogP contribution in [0, 0.1) is 0 Å². The minimum Gasteiger partial charge on any atom is -0.352 e. The number of carbonyl (C=O) groups excluding carboxylic acids is 1. The Kier molecular flexibility index (Phi) is 3.95. The fraction of sp³-hybridized carbons (Fsp3) is 0.300. The zero-order chi connectivity index (χ0) is 13.1. The van der Waals surface area contributed by atoms with Crippen molar-refractivity contribution in [3.63, 3.8) is 0 Å². The second-order valence-electron chi connectivity index (χ2n) is 3.73. The fourth-order valence-electron chi connectivity index (χ4n) is 1.35. The fourth-order valence-corrected chi connectivity index (χ4v) is 1.91. The molecular formula is C10H15N3O3S. The minimum atomic E-state index is -3.27. The van der Waals surface area contributed by atoms with Crippen LogP contribution < -0.4 is 15.8 Å². The Hall–Kier alpha value is -1.76. The van der Waals surface area contributed by atoms with Crippen LogP contribution in [0.5, 0.6) is 0 Å². The molecule has 1 unspecified atom stereocenters. The van der Waals surface area contributed by atoms with Crippen LogP contribution >= 0.6 is 0 Å². The third-order valence-corrected chi connectivity index (χ3v) is 2.68. The number of hydrogen-bond donors (Lipinski definition) is 3. The van der Waals surface area contributed by atoms with Gasteiger partial charge in [-0.05, 0) is 24.6 Å². The van der Waals surface area contributed by atoms with Crippen molar-refractivity contribution in [1.29, 1.82) is 0 Å². The Morgan fingerprint density at radius 1 is 1.29 bits per heavy atom. The maximum Gasteiger partial charge on any atom is 0.312 e. The van der Waals surface area contributed by atoms with Crippen LogP contribution in [0.3, 0.4) is 0 Å². The summed E-state index contributed by atoms with van der Waals surface area (Å²) in [6.45, 7) is 1.78. The predicted molar refractivity (Wildman–Crippen MR) is 66.0 cm³/mol. The number of rotatable bonds is 4. The van der Waals surface area contributed by atoms with Crippen LogP contribution in [0.25, 0.3) is 0 Å². The van der Waals surface area contributed by atoms with Gasteiger partial charge in [-0.1, -0.05) is 12.1 Å². The summed E-state index contributed by atoms with van der Waals surface area (Å²) in [4.78, 5) is 10.7. The van der Waals surface area contributed by atoms with E-state index in [1.807, 2.05) is 0 Å². The highest BCUT2D eigenvalue weighted by Crippen LogP contribution is 2.16. The number of nitrogens with one attached hydrogen (secondary N) is 2. The zero-order valence-corrected chi connectivity index (χ0v) is 10.4. The molecule has 1 atom stereocenters. The molecule has 4 N–H and O–H groups in total. The molecule has 7 heteroatoms. The smallest absolute Gasteiger partial charge is 0.312 e. The Labute approximate surface area is 100 Å². The SMILES string of the molecule is CC(NC(N)=O)c1ccc(NS(C)(=O)=O)cc1. The van der Waals surface area contributed by atoms with Crippen molar-refractivity contribution in [2.75, 3.05) is 11.0 Å². The number of primary amides is 1. The first kappa shape index (κ1) is 13.3. The molecule has 0 saturated heterocycles. The van der Waals surface area contributed by atoms with Crippen LogP contribution in [-0.2, 0) is 10.0 Å². The third-order valence-electron chi connectivity index (χ3n) is 2.07. The van der Waals surface area contributed by atoms with Crippen molar-refractivity contribution < 1.29 is 13.2 Å². The van der Waals surface area contributed by atoms with E-state index in [-0.39, 0.29) is 6.04 Å². The van der Waals surface area contributed by atoms with Gasteiger partial charge in [0.25, 0.3) is 0 Å². The van der Waals surface area contributed by atoms with Gasteiger partial charge in [0.05, 0.1) is 12.3 Å². The van der Waals surface area contributed by atoms with E-state index in [0.29, 0.717) is 5.69 Å². The van der Waals surface area contributed by atoms with E-state index in [0.717, 1.165) is 11.8 Å². The monoisotopic (exact) mass is 257 g/mol. The van der Waals surface area contributed by atoms with Crippen LogP contribution in [0.4, 0.5) is 10.5 Å². The van der Waals surface area contributed by atoms with Gasteiger partial charge in [-0.15, -0.1) is 0 Å². The van der Waals surface area contributed by atoms with Gasteiger partial charge in [-0.25, -0.2) is 13.2 Å². The molecule has 0 aliphatic rings. The predicted octanol–water partition coefficient (Wildman–Crippen LogP) is 0.787. The molecule has 2 amide bonds. The number of urea groups is 1. The first-order chi connectivity index (χ1) is 7.78. The van der Waals surface area contributed by atoms with Gasteiger partial charge in [0.15, 0.2) is 0 Å². The number of anilines is 1. The summed E-state index contributed by atoms with van der Waals surface area (Å²) in [5.41, 5.74) is 6.31. The van der Waals surface area contributed by atoms with Crippen LogP contribution in [0.1, 0.15) is 18.5 Å². The lowest BCUT2D eigenvalue weighted by molar-refractivity contribution is 0.246. The molecule has 17 heavy (non-hydrogen) atoms. The molecule has 0 heterocycles. The highest BCUT2D eigenvalue weighted by atomic mass is 32.2. The van der Waals surface area contributed by atoms with Gasteiger partial charge >= 0.3 is 6.03 Å². The van der Waals surface area contributed by atoms with Crippen molar-refractivity contribution in [2.24, 2.45) is 5.73 Å². The second kappa shape index (κ2) is 5.05. The van der Waals surface area contributed by atoms with Gasteiger partial charge < -0.3 is 11.1 Å². The van der Waals surface area contributed by atoms with Gasteiger partial charge in [-0.2, -0.15) is 0 Å². The van der Waals surface area contributed by atoms with Gasteiger partial charge in [-0.3, -0.25) is 4.72 Å². The quantitative estimate of drug-likeness (QED) is 0.743. The topological polar surface area (TPSA) is 101 Å². The average molecular weight is 257 g/mol. The molecule has 0 aliphatic heterocycles. The van der Waals surface area contributed by atoms with Crippen LogP contribution in [0.2, 0.25) is 0 Å². The van der Waals surface area contributed by atoms with Crippen LogP contribution in [0.15, 0.2) is 24.3 Å². The molecule has 0 bridgehead atoms. The summed E-state index contributed by atoms with van der Waals surface area (Å²) in [5, 5.41) is 2.53. The summed E-state index contributed by atoms with van der Waals surface area (Å²) in [7, 11) is -3.27. The Morgan fingerprint density at radius 3 is 2.24 bits per heavy atom. The van der Waals surface area contributed by atoms with E-state index in [4.69, 9.17) is 5.73 Å². The number of carbonyl (C=O) groups is 1. The molecule has 0 fully saturated rings. The number of nitrogens with two attached hydrogens (primary N) is 1. The number of amides is 2. The molecule has 1 rings (SSSR count). The summed E-state index contributed by atoms with van der Waals surface area (Å²) in [6.07, 6.45) is 1.08. The molecule has 0 saturated carbocycles. The molecule has 1 aromatic rings. The molecule has 0 radical (unpaired) electrons. The van der Waals surface area contributed by atoms with Gasteiger partial charge in [0.1, 0.15) is 0 Å². The second-order valence-corrected chi connectivity index (χ2v) is 5.47. The maximum atomic E-state index is 11.0. The Balaban J connectivity index is 2.77. The lowest BCUT2D eigenvalue weighted by atomic mass is 10.1. The van der Waals surface area contributed by atoms with E-state index in [1.54, 1.807) is 31.2 Å². The minimum absolute atomic E-state index is 0.222. The lowest BCUT2D eigenvalue weighted by Gasteiger charge is -2.13. The number of sulfonamides is 1. The van der Waals surface area contributed by atoms with Crippen molar-refractivity contribution in [3.05, 3.63) is 29.8 Å². The standard InChI is InChI=1S/C10H15N3O3S/c1-7(12-10(11)14)8-3-5-9(6-4-8)13-17(2,15)16/h3-7,13H,1-2H3,(H3,11,12,14). The largest absolute Gasteiger partial charge is 0.352 e. The van der Waals surface area contributed by atoms with Crippen molar-refractivity contribution in [1.82, 2.24) is 5.32 Å². The Bertz CT molecular complexity index is 496. The third kappa shape index (κ3) is 4.73. The Morgan fingerprint density at radius 2 is 1.82 bits per heavy atom. The normalized spacial score (nSPS) is 12.8. The van der Waals surface area contributed by atoms with E-state index in [1.165, 1.54) is 0 Å². The number of benzene rings is 1. The summed E-state index contributed by atoms with van der Waals surface area (Å²) >= 11 is 0. The van der Waals surface area contributed by atoms with Crippen LogP contribution in [-0.4, -0.2) is 20.7 Å². The van der Waals surface area contributed by atoms with Gasteiger partial charge in [0.2, 0.25) is 10.0 Å². The van der Waals surface area contributed by atoms with Crippen molar-refractivity contribution in [2.45, 2.75) is 13.0 Å². The molecular weight excluding hydrogens is 242 g/mol. The number of hydrogen-bond acceptors (Lipinski definition) is 3. The summed E-state index contributed by atoms with van der Waals surface area (Å²) < 4.78 is 24.3. The maximum absolute atomic E-state index is 11.0. The molecule has 6 nitrogen and oxygen atoms in total. The summed E-state index contributed by atoms with van der Waals surface area (Å²) in [6, 6.07) is 5.85. The molecule has 0 spiro atoms. The van der Waals surface area contributed by atoms with Crippen molar-refractivity contribution >= 4 is 21.7 Å². The van der Waals surface area contributed by atoms with Gasteiger partial charge in [0, 0.05) is 5.69 Å². The van der Waals surface area contributed by atoms with E-state index in [9.17, 15) is 13.2 Å². The van der Waals surface area contributed by atoms with E-state index in [2.05, 4.69) is 10.0 Å². The molecule has 1 aromatic carbocycles. The first-order valence-electron chi connectivity index (χ1n) is 4.91. The zero-order valence-electron chi connectivity index (χ0n) is 9.60. The highest BCUT2D eigenvalue weighted by Gasteiger charge is 2.07.